The van der Waals surface area contributed by atoms with Gasteiger partial charge in [-0.1, -0.05) is 0 Å². The molecular formula is C12H17NO3S. The minimum absolute atomic E-state index is 0.187. The minimum atomic E-state index is -0.672. The van der Waals surface area contributed by atoms with Gasteiger partial charge in [-0.2, -0.15) is 0 Å². The first kappa shape index (κ1) is 14.0. The number of ether oxygens (including phenoxy) is 1. The maximum Gasteiger partial charge on any atom is 0.251 e. The van der Waals surface area contributed by atoms with Gasteiger partial charge in [0.05, 0.1) is 12.7 Å². The van der Waals surface area contributed by atoms with Crippen molar-refractivity contribution in [2.75, 3.05) is 26.5 Å². The molecule has 0 spiro atoms. The van der Waals surface area contributed by atoms with E-state index in [9.17, 15) is 9.90 Å². The summed E-state index contributed by atoms with van der Waals surface area (Å²) in [5, 5.41) is 12.0. The van der Waals surface area contributed by atoms with Crippen molar-refractivity contribution < 1.29 is 14.6 Å². The first-order valence-electron chi connectivity index (χ1n) is 5.26. The zero-order valence-electron chi connectivity index (χ0n) is 9.97. The molecule has 1 atom stereocenters. The van der Waals surface area contributed by atoms with Crippen LogP contribution in [0.5, 0.6) is 0 Å². The highest BCUT2D eigenvalue weighted by molar-refractivity contribution is 7.98. The van der Waals surface area contributed by atoms with Crippen molar-refractivity contribution in [3.63, 3.8) is 0 Å². The van der Waals surface area contributed by atoms with Gasteiger partial charge in [-0.3, -0.25) is 4.79 Å². The fraction of sp³-hybridized carbons (Fsp3) is 0.417. The van der Waals surface area contributed by atoms with E-state index in [1.54, 1.807) is 23.9 Å². The van der Waals surface area contributed by atoms with E-state index in [-0.39, 0.29) is 19.1 Å². The number of carbonyl (C=O) groups excluding carboxylic acids is 1. The fourth-order valence-electron chi connectivity index (χ4n) is 1.31. The van der Waals surface area contributed by atoms with Crippen LogP contribution < -0.4 is 5.32 Å². The molecule has 2 N–H and O–H groups in total. The number of methoxy groups -OCH3 is 1. The molecule has 0 saturated heterocycles. The third kappa shape index (κ3) is 4.77. The van der Waals surface area contributed by atoms with Crippen LogP contribution in [-0.4, -0.2) is 43.6 Å². The number of nitrogens with one attached hydrogen (secondary N) is 1. The molecule has 1 aromatic rings. The van der Waals surface area contributed by atoms with Crippen LogP contribution in [-0.2, 0) is 4.74 Å². The summed E-state index contributed by atoms with van der Waals surface area (Å²) in [6.45, 7) is 0.405. The second-order valence-electron chi connectivity index (χ2n) is 3.55. The summed E-state index contributed by atoms with van der Waals surface area (Å²) in [7, 11) is 1.51. The molecule has 94 valence electrons. The van der Waals surface area contributed by atoms with Gasteiger partial charge in [0.25, 0.3) is 5.91 Å². The Kier molecular flexibility index (Phi) is 6.04. The molecule has 4 nitrogen and oxygen atoms in total. The average molecular weight is 255 g/mol. The highest BCUT2D eigenvalue weighted by Gasteiger charge is 2.08. The Morgan fingerprint density at radius 1 is 1.47 bits per heavy atom. The summed E-state index contributed by atoms with van der Waals surface area (Å²) in [6.07, 6.45) is 1.31. The second-order valence-corrected chi connectivity index (χ2v) is 4.43. The summed E-state index contributed by atoms with van der Waals surface area (Å²) in [6, 6.07) is 7.32. The summed E-state index contributed by atoms with van der Waals surface area (Å²) >= 11 is 1.63. The SMILES string of the molecule is COCC(O)CNC(=O)c1ccc(SC)cc1. The number of aliphatic hydroxyl groups is 1. The van der Waals surface area contributed by atoms with E-state index in [1.807, 2.05) is 18.4 Å². The van der Waals surface area contributed by atoms with Gasteiger partial charge in [0, 0.05) is 24.1 Å². The third-order valence-corrected chi connectivity index (χ3v) is 2.95. The van der Waals surface area contributed by atoms with Crippen LogP contribution >= 0.6 is 11.8 Å². The summed E-state index contributed by atoms with van der Waals surface area (Å²) in [5.74, 6) is -0.187. The number of aliphatic hydroxyl groups excluding tert-OH is 1. The van der Waals surface area contributed by atoms with Gasteiger partial charge in [-0.25, -0.2) is 0 Å². The Balaban J connectivity index is 2.46. The van der Waals surface area contributed by atoms with Crippen molar-refractivity contribution in [3.05, 3.63) is 29.8 Å². The minimum Gasteiger partial charge on any atom is -0.389 e. The number of thioether (sulfide) groups is 1. The summed E-state index contributed by atoms with van der Waals surface area (Å²) in [4.78, 5) is 12.8. The first-order chi connectivity index (χ1) is 8.17. The molecule has 1 rings (SSSR count). The molecule has 0 aliphatic heterocycles. The monoisotopic (exact) mass is 255 g/mol. The first-order valence-corrected chi connectivity index (χ1v) is 6.49. The molecule has 0 aliphatic rings. The van der Waals surface area contributed by atoms with E-state index >= 15 is 0 Å². The maximum atomic E-state index is 11.7. The van der Waals surface area contributed by atoms with Crippen LogP contribution in [0.2, 0.25) is 0 Å². The van der Waals surface area contributed by atoms with Crippen LogP contribution in [0.15, 0.2) is 29.2 Å². The Morgan fingerprint density at radius 3 is 2.65 bits per heavy atom. The molecule has 0 fully saturated rings. The predicted molar refractivity (Wildman–Crippen MR) is 68.4 cm³/mol. The standard InChI is InChI=1S/C12H17NO3S/c1-16-8-10(14)7-13-12(15)9-3-5-11(17-2)6-4-9/h3-6,10,14H,7-8H2,1-2H3,(H,13,15). The van der Waals surface area contributed by atoms with Gasteiger partial charge in [0.1, 0.15) is 0 Å². The lowest BCUT2D eigenvalue weighted by Gasteiger charge is -2.10. The predicted octanol–water partition coefficient (Wildman–Crippen LogP) is 1.15. The third-order valence-electron chi connectivity index (χ3n) is 2.21. The molecule has 1 unspecified atom stereocenters. The smallest absolute Gasteiger partial charge is 0.251 e. The van der Waals surface area contributed by atoms with Crippen molar-refractivity contribution in [1.29, 1.82) is 0 Å². The number of carbonyl (C=O) groups is 1. The molecule has 0 radical (unpaired) electrons. The number of hydrogen-bond acceptors (Lipinski definition) is 4. The van der Waals surface area contributed by atoms with E-state index in [2.05, 4.69) is 5.32 Å². The lowest BCUT2D eigenvalue weighted by atomic mass is 10.2. The second kappa shape index (κ2) is 7.32. The number of benzene rings is 1. The van der Waals surface area contributed by atoms with Gasteiger partial charge in [0.15, 0.2) is 0 Å². The molecule has 5 heteroatoms. The van der Waals surface area contributed by atoms with E-state index in [4.69, 9.17) is 4.74 Å². The quantitative estimate of drug-likeness (QED) is 0.749. The van der Waals surface area contributed by atoms with Crippen LogP contribution in [0, 0.1) is 0 Å². The molecule has 1 amide bonds. The molecule has 0 aromatic heterocycles. The number of hydrogen-bond donors (Lipinski definition) is 2. The highest BCUT2D eigenvalue weighted by Crippen LogP contribution is 2.14. The van der Waals surface area contributed by atoms with Gasteiger partial charge in [-0.15, -0.1) is 11.8 Å². The van der Waals surface area contributed by atoms with Gasteiger partial charge in [0.2, 0.25) is 0 Å². The topological polar surface area (TPSA) is 58.6 Å². The number of amides is 1. The largest absolute Gasteiger partial charge is 0.389 e. The normalized spacial score (nSPS) is 12.2. The Morgan fingerprint density at radius 2 is 2.12 bits per heavy atom. The van der Waals surface area contributed by atoms with Crippen molar-refractivity contribution in [2.24, 2.45) is 0 Å². The van der Waals surface area contributed by atoms with Crippen molar-refractivity contribution in [2.45, 2.75) is 11.0 Å². The zero-order valence-corrected chi connectivity index (χ0v) is 10.8. The van der Waals surface area contributed by atoms with Gasteiger partial charge >= 0.3 is 0 Å². The number of rotatable bonds is 6. The van der Waals surface area contributed by atoms with Crippen LogP contribution in [0.1, 0.15) is 10.4 Å². The van der Waals surface area contributed by atoms with Crippen molar-refractivity contribution >= 4 is 17.7 Å². The van der Waals surface area contributed by atoms with Crippen LogP contribution in [0.4, 0.5) is 0 Å². The molecule has 17 heavy (non-hydrogen) atoms. The Labute approximate surface area is 105 Å². The van der Waals surface area contributed by atoms with E-state index in [0.29, 0.717) is 5.56 Å². The summed E-state index contributed by atoms with van der Waals surface area (Å²) < 4.78 is 4.77. The Hall–Kier alpha value is -1.04. The lowest BCUT2D eigenvalue weighted by molar-refractivity contribution is 0.0610. The van der Waals surface area contributed by atoms with Gasteiger partial charge < -0.3 is 15.2 Å². The van der Waals surface area contributed by atoms with Crippen LogP contribution in [0.3, 0.4) is 0 Å². The zero-order chi connectivity index (χ0) is 12.7. The molecule has 0 saturated carbocycles. The lowest BCUT2D eigenvalue weighted by Crippen LogP contribution is -2.34. The molecule has 0 heterocycles. The molecule has 1 aromatic carbocycles. The van der Waals surface area contributed by atoms with E-state index in [1.165, 1.54) is 7.11 Å². The van der Waals surface area contributed by atoms with Crippen molar-refractivity contribution in [3.8, 4) is 0 Å². The van der Waals surface area contributed by atoms with Crippen LogP contribution in [0.25, 0.3) is 0 Å². The summed E-state index contributed by atoms with van der Waals surface area (Å²) in [5.41, 5.74) is 0.590. The van der Waals surface area contributed by atoms with E-state index < -0.39 is 6.10 Å². The van der Waals surface area contributed by atoms with E-state index in [0.717, 1.165) is 4.90 Å². The molecular weight excluding hydrogens is 238 g/mol. The van der Waals surface area contributed by atoms with Gasteiger partial charge in [-0.05, 0) is 30.5 Å². The maximum absolute atomic E-state index is 11.7. The highest BCUT2D eigenvalue weighted by atomic mass is 32.2. The average Bonchev–Trinajstić information content (AvgIpc) is 2.36. The Bertz CT molecular complexity index is 353. The molecule has 0 bridgehead atoms. The van der Waals surface area contributed by atoms with Crippen molar-refractivity contribution in [1.82, 2.24) is 5.32 Å². The fourth-order valence-corrected chi connectivity index (χ4v) is 1.71. The molecule has 0 aliphatic carbocycles.